The molecule has 0 aromatic rings. The predicted molar refractivity (Wildman–Crippen MR) is 118 cm³/mol. The number of allylic oxidation sites excluding steroid dienone is 1. The number of nitrogens with zero attached hydrogens (tertiary/aromatic N) is 2. The zero-order chi connectivity index (χ0) is 23.5. The minimum Gasteiger partial charge on any atom is -0.465 e. The molecule has 3 saturated heterocycles. The van der Waals surface area contributed by atoms with E-state index in [0.717, 1.165) is 6.42 Å². The van der Waals surface area contributed by atoms with E-state index < -0.39 is 35.6 Å². The van der Waals surface area contributed by atoms with Crippen molar-refractivity contribution in [2.45, 2.75) is 69.7 Å². The van der Waals surface area contributed by atoms with Gasteiger partial charge in [0, 0.05) is 25.7 Å². The third kappa shape index (κ3) is 4.10. The normalized spacial score (nSPS) is 30.5. The van der Waals surface area contributed by atoms with Crippen LogP contribution in [0.5, 0.6) is 0 Å². The van der Waals surface area contributed by atoms with E-state index in [4.69, 9.17) is 9.47 Å². The van der Waals surface area contributed by atoms with Gasteiger partial charge in [-0.25, -0.2) is 0 Å². The second kappa shape index (κ2) is 10.2. The zero-order valence-corrected chi connectivity index (χ0v) is 19.2. The Morgan fingerprint density at radius 1 is 1.34 bits per heavy atom. The predicted octanol–water partition coefficient (Wildman–Crippen LogP) is 1.68. The molecule has 0 aromatic carbocycles. The minimum atomic E-state index is -1.03. The van der Waals surface area contributed by atoms with Gasteiger partial charge in [0.1, 0.15) is 11.6 Å². The summed E-state index contributed by atoms with van der Waals surface area (Å²) < 4.78 is 11.8. The summed E-state index contributed by atoms with van der Waals surface area (Å²) in [6, 6.07) is -0.910. The van der Waals surface area contributed by atoms with Gasteiger partial charge in [-0.05, 0) is 46.0 Å². The van der Waals surface area contributed by atoms with Crippen LogP contribution in [0.4, 0.5) is 0 Å². The van der Waals surface area contributed by atoms with Crippen molar-refractivity contribution >= 4 is 17.8 Å². The number of carbonyl (C=O) groups excluding carboxylic acids is 3. The molecule has 3 heterocycles. The number of carbonyl (C=O) groups is 3. The second-order valence-electron chi connectivity index (χ2n) is 9.14. The molecule has 0 radical (unpaired) electrons. The summed E-state index contributed by atoms with van der Waals surface area (Å²) in [5.74, 6) is -2.33. The van der Waals surface area contributed by atoms with Crippen LogP contribution < -0.4 is 0 Å². The lowest BCUT2D eigenvalue weighted by atomic mass is 9.70. The average Bonchev–Trinajstić information content (AvgIpc) is 3.40. The highest BCUT2D eigenvalue weighted by Crippen LogP contribution is 2.58. The molecule has 2 bridgehead atoms. The standard InChI is InChI=1S/C24H36N2O6/c1-5-7-8-15-31-23(30)18-17-10-11-24(32-17)19(18)21(28)26(13-9-14-27)20(24)22(29)25(12-6-2)16(3)4/h5-6,16-20,27H,1-2,7-15H2,3-4H3/t17-,18+,19-,20?,24?/m0/s1. The Morgan fingerprint density at radius 2 is 2.09 bits per heavy atom. The van der Waals surface area contributed by atoms with E-state index in [1.54, 1.807) is 17.1 Å². The summed E-state index contributed by atoms with van der Waals surface area (Å²) in [5, 5.41) is 9.37. The number of likely N-dealkylation sites (tertiary alicyclic amines) is 1. The maximum atomic E-state index is 13.8. The molecule has 5 atom stereocenters. The Balaban J connectivity index is 1.92. The van der Waals surface area contributed by atoms with Gasteiger partial charge in [0.05, 0.1) is 24.5 Å². The average molecular weight is 449 g/mol. The fourth-order valence-corrected chi connectivity index (χ4v) is 5.53. The Bertz CT molecular complexity index is 753. The molecule has 0 saturated carbocycles. The smallest absolute Gasteiger partial charge is 0.312 e. The van der Waals surface area contributed by atoms with E-state index in [1.165, 1.54) is 4.90 Å². The SMILES string of the molecule is C=CCCCOC(=O)[C@@H]1[C@@H]2CCC3(O2)C(C(=O)N(CC=C)C(C)C)N(CCCO)C(=O)[C@H]13. The molecular weight excluding hydrogens is 412 g/mol. The van der Waals surface area contributed by atoms with E-state index in [-0.39, 0.29) is 37.6 Å². The number of hydrogen-bond acceptors (Lipinski definition) is 6. The molecular formula is C24H36N2O6. The molecule has 0 aliphatic carbocycles. The largest absolute Gasteiger partial charge is 0.465 e. The highest BCUT2D eigenvalue weighted by molar-refractivity contribution is 5.98. The number of hydrogen-bond donors (Lipinski definition) is 1. The lowest BCUT2D eigenvalue weighted by molar-refractivity contribution is -0.155. The van der Waals surface area contributed by atoms with Crippen molar-refractivity contribution < 1.29 is 29.0 Å². The maximum absolute atomic E-state index is 13.8. The van der Waals surface area contributed by atoms with Gasteiger partial charge in [-0.1, -0.05) is 12.2 Å². The van der Waals surface area contributed by atoms with Crippen LogP contribution in [-0.2, 0) is 23.9 Å². The molecule has 1 spiro atoms. The van der Waals surface area contributed by atoms with E-state index >= 15 is 0 Å². The van der Waals surface area contributed by atoms with Crippen LogP contribution in [0.1, 0.15) is 46.0 Å². The summed E-state index contributed by atoms with van der Waals surface area (Å²) >= 11 is 0. The highest BCUT2D eigenvalue weighted by Gasteiger charge is 2.75. The summed E-state index contributed by atoms with van der Waals surface area (Å²) in [5.41, 5.74) is -1.03. The van der Waals surface area contributed by atoms with Gasteiger partial charge >= 0.3 is 5.97 Å². The van der Waals surface area contributed by atoms with E-state index in [9.17, 15) is 19.5 Å². The van der Waals surface area contributed by atoms with E-state index in [0.29, 0.717) is 32.2 Å². The number of unbranched alkanes of at least 4 members (excludes halogenated alkanes) is 1. The van der Waals surface area contributed by atoms with Crippen molar-refractivity contribution in [3.63, 3.8) is 0 Å². The number of amides is 2. The zero-order valence-electron chi connectivity index (χ0n) is 19.2. The topological polar surface area (TPSA) is 96.4 Å². The van der Waals surface area contributed by atoms with Gasteiger partial charge in [0.25, 0.3) is 0 Å². The van der Waals surface area contributed by atoms with Gasteiger partial charge in [-0.15, -0.1) is 13.2 Å². The van der Waals surface area contributed by atoms with Gasteiger partial charge in [0.2, 0.25) is 11.8 Å². The third-order valence-electron chi connectivity index (χ3n) is 6.89. The molecule has 2 unspecified atom stereocenters. The Labute approximate surface area is 190 Å². The molecule has 3 rings (SSSR count). The molecule has 2 amide bonds. The molecule has 8 heteroatoms. The molecule has 1 N–H and O–H groups in total. The molecule has 0 aromatic heterocycles. The summed E-state index contributed by atoms with van der Waals surface area (Å²) in [4.78, 5) is 43.5. The van der Waals surface area contributed by atoms with Crippen molar-refractivity contribution in [2.24, 2.45) is 11.8 Å². The first kappa shape index (κ1) is 24.5. The van der Waals surface area contributed by atoms with Gasteiger partial charge in [-0.3, -0.25) is 14.4 Å². The summed E-state index contributed by atoms with van der Waals surface area (Å²) in [6.07, 6.45) is 5.92. The van der Waals surface area contributed by atoms with Crippen molar-refractivity contribution in [1.82, 2.24) is 9.80 Å². The highest BCUT2D eigenvalue weighted by atomic mass is 16.6. The van der Waals surface area contributed by atoms with Crippen molar-refractivity contribution in [2.75, 3.05) is 26.3 Å². The van der Waals surface area contributed by atoms with Crippen LogP contribution in [-0.4, -0.2) is 82.8 Å². The van der Waals surface area contributed by atoms with Crippen LogP contribution in [0.15, 0.2) is 25.3 Å². The van der Waals surface area contributed by atoms with Crippen LogP contribution in [0.3, 0.4) is 0 Å². The molecule has 32 heavy (non-hydrogen) atoms. The Kier molecular flexibility index (Phi) is 7.77. The van der Waals surface area contributed by atoms with Crippen molar-refractivity contribution in [3.05, 3.63) is 25.3 Å². The molecule has 3 aliphatic heterocycles. The number of aliphatic hydroxyl groups excluding tert-OH is 1. The fourth-order valence-electron chi connectivity index (χ4n) is 5.53. The van der Waals surface area contributed by atoms with Crippen LogP contribution in [0.25, 0.3) is 0 Å². The monoisotopic (exact) mass is 448 g/mol. The van der Waals surface area contributed by atoms with Gasteiger partial charge < -0.3 is 24.4 Å². The summed E-state index contributed by atoms with van der Waals surface area (Å²) in [7, 11) is 0. The van der Waals surface area contributed by atoms with E-state index in [1.807, 2.05) is 13.8 Å². The summed E-state index contributed by atoms with van der Waals surface area (Å²) in [6.45, 7) is 12.0. The van der Waals surface area contributed by atoms with Gasteiger partial charge in [0.15, 0.2) is 0 Å². The number of fused-ring (bicyclic) bond motifs is 1. The first-order valence-electron chi connectivity index (χ1n) is 11.6. The fraction of sp³-hybridized carbons (Fsp3) is 0.708. The first-order chi connectivity index (χ1) is 15.3. The molecule has 3 fully saturated rings. The number of rotatable bonds is 12. The Hall–Kier alpha value is -2.19. The lowest BCUT2D eigenvalue weighted by Crippen LogP contribution is -2.57. The molecule has 8 nitrogen and oxygen atoms in total. The number of aliphatic hydroxyl groups is 1. The minimum absolute atomic E-state index is 0.0880. The van der Waals surface area contributed by atoms with Crippen molar-refractivity contribution in [3.8, 4) is 0 Å². The quantitative estimate of drug-likeness (QED) is 0.277. The molecule has 178 valence electrons. The first-order valence-corrected chi connectivity index (χ1v) is 11.6. The maximum Gasteiger partial charge on any atom is 0.312 e. The van der Waals surface area contributed by atoms with Crippen LogP contribution in [0.2, 0.25) is 0 Å². The third-order valence-corrected chi connectivity index (χ3v) is 6.89. The van der Waals surface area contributed by atoms with E-state index in [2.05, 4.69) is 13.2 Å². The van der Waals surface area contributed by atoms with Gasteiger partial charge in [-0.2, -0.15) is 0 Å². The number of ether oxygens (including phenoxy) is 2. The van der Waals surface area contributed by atoms with Crippen LogP contribution >= 0.6 is 0 Å². The number of esters is 1. The Morgan fingerprint density at radius 3 is 2.72 bits per heavy atom. The second-order valence-corrected chi connectivity index (χ2v) is 9.14. The van der Waals surface area contributed by atoms with Crippen LogP contribution in [0, 0.1) is 11.8 Å². The van der Waals surface area contributed by atoms with Crippen molar-refractivity contribution in [1.29, 1.82) is 0 Å². The molecule has 3 aliphatic rings. The lowest BCUT2D eigenvalue weighted by Gasteiger charge is -2.38.